The van der Waals surface area contributed by atoms with E-state index in [0.717, 1.165) is 24.8 Å². The summed E-state index contributed by atoms with van der Waals surface area (Å²) in [6, 6.07) is 3.80. The maximum Gasteiger partial charge on any atom is 0.272 e. The smallest absolute Gasteiger partial charge is 0.272 e. The molecule has 0 radical (unpaired) electrons. The molecule has 1 atom stereocenters. The molecular formula is C17H23N3O3. The largest absolute Gasteiger partial charge is 0.368 e. The number of pyridine rings is 1. The highest BCUT2D eigenvalue weighted by molar-refractivity contribution is 5.94. The second-order valence-corrected chi connectivity index (χ2v) is 5.98. The average molecular weight is 317 g/mol. The molecule has 0 aromatic carbocycles. The number of carbonyl (C=O) groups excluding carboxylic acids is 2. The number of piperazine rings is 1. The van der Waals surface area contributed by atoms with Gasteiger partial charge in [-0.2, -0.15) is 0 Å². The Balaban J connectivity index is 1.60. The van der Waals surface area contributed by atoms with Gasteiger partial charge in [0.25, 0.3) is 11.8 Å². The van der Waals surface area contributed by atoms with Gasteiger partial charge in [-0.15, -0.1) is 0 Å². The summed E-state index contributed by atoms with van der Waals surface area (Å²) in [6.45, 7) is 4.94. The molecule has 3 rings (SSSR count). The fourth-order valence-corrected chi connectivity index (χ4v) is 3.17. The summed E-state index contributed by atoms with van der Waals surface area (Å²) >= 11 is 0. The molecule has 2 fully saturated rings. The summed E-state index contributed by atoms with van der Waals surface area (Å²) < 4.78 is 5.46. The van der Waals surface area contributed by atoms with Crippen molar-refractivity contribution in [3.8, 4) is 0 Å². The molecule has 23 heavy (non-hydrogen) atoms. The van der Waals surface area contributed by atoms with Gasteiger partial charge in [-0.1, -0.05) is 13.0 Å². The van der Waals surface area contributed by atoms with Gasteiger partial charge in [-0.3, -0.25) is 14.6 Å². The normalized spacial score (nSPS) is 21.5. The van der Waals surface area contributed by atoms with Gasteiger partial charge in [-0.05, 0) is 30.9 Å². The molecule has 0 aliphatic carbocycles. The van der Waals surface area contributed by atoms with Crippen molar-refractivity contribution < 1.29 is 14.3 Å². The zero-order chi connectivity index (χ0) is 16.2. The summed E-state index contributed by atoms with van der Waals surface area (Å²) in [7, 11) is 0. The molecule has 0 saturated carbocycles. The van der Waals surface area contributed by atoms with Crippen LogP contribution in [0.2, 0.25) is 0 Å². The minimum Gasteiger partial charge on any atom is -0.368 e. The Kier molecular flexibility index (Phi) is 4.91. The molecule has 1 aromatic heterocycles. The first-order valence-corrected chi connectivity index (χ1v) is 8.34. The fourth-order valence-electron chi connectivity index (χ4n) is 3.17. The molecular weight excluding hydrogens is 294 g/mol. The van der Waals surface area contributed by atoms with Crippen molar-refractivity contribution >= 4 is 11.8 Å². The molecule has 2 aliphatic rings. The predicted molar refractivity (Wildman–Crippen MR) is 85.1 cm³/mol. The lowest BCUT2D eigenvalue weighted by atomic mass is 10.1. The first kappa shape index (κ1) is 15.9. The Morgan fingerprint density at radius 1 is 1.26 bits per heavy atom. The Labute approximate surface area is 136 Å². The third-order valence-electron chi connectivity index (χ3n) is 4.56. The SMILES string of the molecule is CCc1cccnc1C(=O)N1CCN(C(=O)C2CCCO2)CC1. The van der Waals surface area contributed by atoms with E-state index in [2.05, 4.69) is 4.98 Å². The van der Waals surface area contributed by atoms with Crippen molar-refractivity contribution in [3.63, 3.8) is 0 Å². The van der Waals surface area contributed by atoms with Crippen LogP contribution in [0.25, 0.3) is 0 Å². The van der Waals surface area contributed by atoms with Gasteiger partial charge in [-0.25, -0.2) is 0 Å². The monoisotopic (exact) mass is 317 g/mol. The lowest BCUT2D eigenvalue weighted by Gasteiger charge is -2.35. The number of carbonyl (C=O) groups is 2. The molecule has 1 unspecified atom stereocenters. The van der Waals surface area contributed by atoms with E-state index >= 15 is 0 Å². The second kappa shape index (κ2) is 7.08. The van der Waals surface area contributed by atoms with E-state index in [0.29, 0.717) is 38.5 Å². The highest BCUT2D eigenvalue weighted by atomic mass is 16.5. The van der Waals surface area contributed by atoms with E-state index < -0.39 is 0 Å². The van der Waals surface area contributed by atoms with Crippen molar-refractivity contribution in [3.05, 3.63) is 29.6 Å². The molecule has 1 aromatic rings. The molecule has 6 nitrogen and oxygen atoms in total. The number of aromatic nitrogens is 1. The van der Waals surface area contributed by atoms with Gasteiger partial charge in [0.1, 0.15) is 11.8 Å². The fraction of sp³-hybridized carbons (Fsp3) is 0.588. The van der Waals surface area contributed by atoms with Crippen molar-refractivity contribution in [2.45, 2.75) is 32.3 Å². The standard InChI is InChI=1S/C17H23N3O3/c1-2-13-5-3-7-18-15(13)17(22)20-10-8-19(9-11-20)16(21)14-6-4-12-23-14/h3,5,7,14H,2,4,6,8-12H2,1H3. The molecule has 2 aliphatic heterocycles. The lowest BCUT2D eigenvalue weighted by molar-refractivity contribution is -0.142. The third-order valence-corrected chi connectivity index (χ3v) is 4.56. The molecule has 0 bridgehead atoms. The van der Waals surface area contributed by atoms with Crippen LogP contribution in [0, 0.1) is 0 Å². The summed E-state index contributed by atoms with van der Waals surface area (Å²) in [6.07, 6.45) is 3.93. The Bertz CT molecular complexity index is 576. The predicted octanol–water partition coefficient (Wildman–Crippen LogP) is 1.11. The van der Waals surface area contributed by atoms with E-state index in [9.17, 15) is 9.59 Å². The van der Waals surface area contributed by atoms with Gasteiger partial charge in [0.05, 0.1) is 0 Å². The number of rotatable bonds is 3. The van der Waals surface area contributed by atoms with Crippen molar-refractivity contribution in [2.75, 3.05) is 32.8 Å². The van der Waals surface area contributed by atoms with Gasteiger partial charge in [0.15, 0.2) is 0 Å². The molecule has 3 heterocycles. The maximum atomic E-state index is 12.6. The maximum absolute atomic E-state index is 12.6. The summed E-state index contributed by atoms with van der Waals surface area (Å²) in [5, 5.41) is 0. The number of nitrogens with zero attached hydrogens (tertiary/aromatic N) is 3. The minimum atomic E-state index is -0.278. The minimum absolute atomic E-state index is 0.0355. The Morgan fingerprint density at radius 2 is 2.00 bits per heavy atom. The van der Waals surface area contributed by atoms with Gasteiger partial charge in [0.2, 0.25) is 0 Å². The van der Waals surface area contributed by atoms with Crippen LogP contribution in [0.5, 0.6) is 0 Å². The van der Waals surface area contributed by atoms with Crippen molar-refractivity contribution in [1.82, 2.24) is 14.8 Å². The first-order valence-electron chi connectivity index (χ1n) is 8.34. The Morgan fingerprint density at radius 3 is 2.65 bits per heavy atom. The van der Waals surface area contributed by atoms with Crippen molar-refractivity contribution in [1.29, 1.82) is 0 Å². The summed E-state index contributed by atoms with van der Waals surface area (Å²) in [4.78, 5) is 32.8. The molecule has 124 valence electrons. The van der Waals surface area contributed by atoms with Crippen LogP contribution in [0.1, 0.15) is 35.8 Å². The third kappa shape index (κ3) is 3.37. The van der Waals surface area contributed by atoms with Crippen LogP contribution in [0.3, 0.4) is 0 Å². The molecule has 0 spiro atoms. The molecule has 0 N–H and O–H groups in total. The van der Waals surface area contributed by atoms with E-state index in [1.807, 2.05) is 24.0 Å². The van der Waals surface area contributed by atoms with E-state index in [4.69, 9.17) is 4.74 Å². The highest BCUT2D eigenvalue weighted by Crippen LogP contribution is 2.17. The second-order valence-electron chi connectivity index (χ2n) is 5.98. The van der Waals surface area contributed by atoms with Crippen LogP contribution in [-0.4, -0.2) is 65.5 Å². The summed E-state index contributed by atoms with van der Waals surface area (Å²) in [5.41, 5.74) is 1.50. The van der Waals surface area contributed by atoms with Gasteiger partial charge < -0.3 is 14.5 Å². The van der Waals surface area contributed by atoms with Crippen LogP contribution in [0.4, 0.5) is 0 Å². The number of hydrogen-bond acceptors (Lipinski definition) is 4. The Hall–Kier alpha value is -1.95. The van der Waals surface area contributed by atoms with Gasteiger partial charge >= 0.3 is 0 Å². The van der Waals surface area contributed by atoms with Crippen LogP contribution in [0.15, 0.2) is 18.3 Å². The van der Waals surface area contributed by atoms with Crippen molar-refractivity contribution in [2.24, 2.45) is 0 Å². The van der Waals surface area contributed by atoms with E-state index in [1.54, 1.807) is 11.1 Å². The van der Waals surface area contributed by atoms with Crippen LogP contribution < -0.4 is 0 Å². The first-order chi connectivity index (χ1) is 11.2. The number of hydrogen-bond donors (Lipinski definition) is 0. The van der Waals surface area contributed by atoms with Crippen LogP contribution in [-0.2, 0) is 16.0 Å². The highest BCUT2D eigenvalue weighted by Gasteiger charge is 2.32. The topological polar surface area (TPSA) is 62.7 Å². The van der Waals surface area contributed by atoms with E-state index in [1.165, 1.54) is 0 Å². The number of ether oxygens (including phenoxy) is 1. The zero-order valence-corrected chi connectivity index (χ0v) is 13.5. The number of amides is 2. The van der Waals surface area contributed by atoms with E-state index in [-0.39, 0.29) is 17.9 Å². The zero-order valence-electron chi connectivity index (χ0n) is 13.5. The average Bonchev–Trinajstić information content (AvgIpc) is 3.15. The molecule has 6 heteroatoms. The molecule has 2 saturated heterocycles. The van der Waals surface area contributed by atoms with Crippen LogP contribution >= 0.6 is 0 Å². The number of aryl methyl sites for hydroxylation is 1. The summed E-state index contributed by atoms with van der Waals surface area (Å²) in [5.74, 6) is 0.0355. The van der Waals surface area contributed by atoms with Gasteiger partial charge in [0, 0.05) is 39.0 Å². The quantitative estimate of drug-likeness (QED) is 0.838. The molecule has 2 amide bonds. The lowest BCUT2D eigenvalue weighted by Crippen LogP contribution is -2.53.